The van der Waals surface area contributed by atoms with Gasteiger partial charge in [-0.3, -0.25) is 0 Å². The number of hydrogen-bond donors (Lipinski definition) is 2. The summed E-state index contributed by atoms with van der Waals surface area (Å²) in [6.07, 6.45) is 0. The molecule has 0 unspecified atom stereocenters. The Morgan fingerprint density at radius 3 is 2.16 bits per heavy atom. The van der Waals surface area contributed by atoms with Crippen LogP contribution in [0.5, 0.6) is 11.5 Å². The van der Waals surface area contributed by atoms with E-state index in [-0.39, 0.29) is 16.9 Å². The molecule has 0 radical (unpaired) electrons. The van der Waals surface area contributed by atoms with Crippen molar-refractivity contribution in [1.82, 2.24) is 0 Å². The lowest BCUT2D eigenvalue weighted by Gasteiger charge is -2.08. The summed E-state index contributed by atoms with van der Waals surface area (Å²) in [4.78, 5) is 23.3. The highest BCUT2D eigenvalue weighted by Crippen LogP contribution is 2.25. The molecule has 25 heavy (non-hydrogen) atoms. The van der Waals surface area contributed by atoms with E-state index < -0.39 is 11.9 Å². The number of carboxylic acids is 1. The van der Waals surface area contributed by atoms with E-state index in [0.29, 0.717) is 5.75 Å². The van der Waals surface area contributed by atoms with Crippen molar-refractivity contribution in [3.8, 4) is 22.6 Å². The third-order valence-electron chi connectivity index (χ3n) is 3.55. The van der Waals surface area contributed by atoms with Gasteiger partial charge in [0.15, 0.2) is 0 Å². The van der Waals surface area contributed by atoms with E-state index in [2.05, 4.69) is 0 Å². The largest absolute Gasteiger partial charge is 0.508 e. The van der Waals surface area contributed by atoms with Crippen LogP contribution in [-0.4, -0.2) is 22.2 Å². The molecule has 124 valence electrons. The van der Waals surface area contributed by atoms with Crippen LogP contribution in [0.4, 0.5) is 0 Å². The predicted molar refractivity (Wildman–Crippen MR) is 91.9 cm³/mol. The third kappa shape index (κ3) is 3.84. The molecule has 5 heteroatoms. The molecule has 2 N–H and O–H groups in total. The Bertz CT molecular complexity index is 932. The van der Waals surface area contributed by atoms with Crippen LogP contribution in [0.1, 0.15) is 20.7 Å². The van der Waals surface area contributed by atoms with Crippen molar-refractivity contribution < 1.29 is 24.5 Å². The molecule has 0 atom stereocenters. The van der Waals surface area contributed by atoms with Gasteiger partial charge in [-0.1, -0.05) is 42.5 Å². The molecule has 0 saturated carbocycles. The van der Waals surface area contributed by atoms with Gasteiger partial charge in [0.25, 0.3) is 0 Å². The molecule has 0 saturated heterocycles. The maximum absolute atomic E-state index is 12.3. The fourth-order valence-electron chi connectivity index (χ4n) is 2.39. The van der Waals surface area contributed by atoms with Gasteiger partial charge in [0.05, 0.1) is 11.1 Å². The van der Waals surface area contributed by atoms with Gasteiger partial charge in [0, 0.05) is 0 Å². The second-order valence-electron chi connectivity index (χ2n) is 5.36. The standard InChI is InChI=1S/C20H14O5/c21-17-10-15(19(22)23)9-16(11-17)20(24)25-18-8-4-7-14(12-18)13-5-2-1-3-6-13/h1-12,21H,(H,22,23). The first-order chi connectivity index (χ1) is 12.0. The molecule has 0 aliphatic heterocycles. The molecule has 5 nitrogen and oxygen atoms in total. The monoisotopic (exact) mass is 334 g/mol. The number of phenolic OH excluding ortho intramolecular Hbond substituents is 1. The van der Waals surface area contributed by atoms with Crippen LogP contribution < -0.4 is 4.74 Å². The van der Waals surface area contributed by atoms with Gasteiger partial charge in [0.1, 0.15) is 11.5 Å². The molecule has 0 aliphatic carbocycles. The van der Waals surface area contributed by atoms with Crippen LogP contribution in [0.25, 0.3) is 11.1 Å². The molecule has 0 aliphatic rings. The van der Waals surface area contributed by atoms with Crippen LogP contribution in [0.15, 0.2) is 72.8 Å². The molecule has 0 bridgehead atoms. The lowest BCUT2D eigenvalue weighted by molar-refractivity contribution is 0.0696. The van der Waals surface area contributed by atoms with Crippen molar-refractivity contribution in [3.63, 3.8) is 0 Å². The van der Waals surface area contributed by atoms with Crippen molar-refractivity contribution in [3.05, 3.63) is 83.9 Å². The van der Waals surface area contributed by atoms with Crippen LogP contribution >= 0.6 is 0 Å². The normalized spacial score (nSPS) is 10.2. The van der Waals surface area contributed by atoms with Gasteiger partial charge < -0.3 is 14.9 Å². The summed E-state index contributed by atoms with van der Waals surface area (Å²) in [5.74, 6) is -1.98. The summed E-state index contributed by atoms with van der Waals surface area (Å²) in [5, 5.41) is 18.6. The number of esters is 1. The van der Waals surface area contributed by atoms with Gasteiger partial charge >= 0.3 is 11.9 Å². The van der Waals surface area contributed by atoms with Crippen molar-refractivity contribution in [2.75, 3.05) is 0 Å². The highest BCUT2D eigenvalue weighted by atomic mass is 16.5. The van der Waals surface area contributed by atoms with E-state index in [9.17, 15) is 14.7 Å². The zero-order chi connectivity index (χ0) is 17.8. The first-order valence-corrected chi connectivity index (χ1v) is 7.48. The van der Waals surface area contributed by atoms with Crippen molar-refractivity contribution in [1.29, 1.82) is 0 Å². The first-order valence-electron chi connectivity index (χ1n) is 7.48. The summed E-state index contributed by atoms with van der Waals surface area (Å²) < 4.78 is 5.31. The average Bonchev–Trinajstić information content (AvgIpc) is 2.62. The Morgan fingerprint density at radius 2 is 1.44 bits per heavy atom. The minimum absolute atomic E-state index is 0.0393. The molecular weight excluding hydrogens is 320 g/mol. The molecule has 0 amide bonds. The van der Waals surface area contributed by atoms with Crippen molar-refractivity contribution in [2.45, 2.75) is 0 Å². The van der Waals surface area contributed by atoms with Gasteiger partial charge in [-0.2, -0.15) is 0 Å². The molecule has 0 spiro atoms. The van der Waals surface area contributed by atoms with Crippen LogP contribution in [-0.2, 0) is 0 Å². The van der Waals surface area contributed by atoms with E-state index in [1.807, 2.05) is 36.4 Å². The molecular formula is C20H14O5. The Hall–Kier alpha value is -3.60. The first kappa shape index (κ1) is 16.3. The Balaban J connectivity index is 1.86. The van der Waals surface area contributed by atoms with Gasteiger partial charge in [-0.15, -0.1) is 0 Å². The molecule has 0 aromatic heterocycles. The zero-order valence-corrected chi connectivity index (χ0v) is 13.0. The van der Waals surface area contributed by atoms with Gasteiger partial charge in [0.2, 0.25) is 0 Å². The smallest absolute Gasteiger partial charge is 0.343 e. The number of carboxylic acid groups (broad SMARTS) is 1. The number of carbonyl (C=O) groups is 2. The number of ether oxygens (including phenoxy) is 1. The fraction of sp³-hybridized carbons (Fsp3) is 0. The second kappa shape index (κ2) is 6.88. The lowest BCUT2D eigenvalue weighted by atomic mass is 10.1. The van der Waals surface area contributed by atoms with E-state index in [0.717, 1.165) is 29.3 Å². The minimum Gasteiger partial charge on any atom is -0.508 e. The number of carbonyl (C=O) groups excluding carboxylic acids is 1. The number of phenols is 1. The number of aromatic carboxylic acids is 1. The van der Waals surface area contributed by atoms with Gasteiger partial charge in [-0.05, 0) is 41.5 Å². The molecule has 3 rings (SSSR count). The molecule has 0 fully saturated rings. The van der Waals surface area contributed by atoms with Crippen molar-refractivity contribution >= 4 is 11.9 Å². The second-order valence-corrected chi connectivity index (χ2v) is 5.36. The lowest BCUT2D eigenvalue weighted by Crippen LogP contribution is -2.10. The van der Waals surface area contributed by atoms with Crippen LogP contribution in [0, 0.1) is 0 Å². The highest BCUT2D eigenvalue weighted by molar-refractivity contribution is 5.96. The quantitative estimate of drug-likeness (QED) is 0.557. The topological polar surface area (TPSA) is 83.8 Å². The van der Waals surface area contributed by atoms with E-state index >= 15 is 0 Å². The molecule has 0 heterocycles. The highest BCUT2D eigenvalue weighted by Gasteiger charge is 2.14. The Kier molecular flexibility index (Phi) is 4.48. The van der Waals surface area contributed by atoms with E-state index in [1.165, 1.54) is 0 Å². The Labute approximate surface area is 143 Å². The summed E-state index contributed by atoms with van der Waals surface area (Å²) in [7, 11) is 0. The van der Waals surface area contributed by atoms with Crippen molar-refractivity contribution in [2.24, 2.45) is 0 Å². The summed E-state index contributed by atoms with van der Waals surface area (Å²) >= 11 is 0. The zero-order valence-electron chi connectivity index (χ0n) is 13.0. The van der Waals surface area contributed by atoms with Crippen LogP contribution in [0.3, 0.4) is 0 Å². The SMILES string of the molecule is O=C(O)c1cc(O)cc(C(=O)Oc2cccc(-c3ccccc3)c2)c1. The van der Waals surface area contributed by atoms with E-state index in [1.54, 1.807) is 18.2 Å². The van der Waals surface area contributed by atoms with Gasteiger partial charge in [-0.25, -0.2) is 9.59 Å². The fourth-order valence-corrected chi connectivity index (χ4v) is 2.39. The average molecular weight is 334 g/mol. The summed E-state index contributed by atoms with van der Waals surface area (Å²) in [6.45, 7) is 0. The third-order valence-corrected chi connectivity index (χ3v) is 3.55. The maximum Gasteiger partial charge on any atom is 0.343 e. The molecule has 3 aromatic rings. The Morgan fingerprint density at radius 1 is 0.760 bits per heavy atom. The van der Waals surface area contributed by atoms with Crippen LogP contribution in [0.2, 0.25) is 0 Å². The minimum atomic E-state index is -1.24. The predicted octanol–water partition coefficient (Wildman–Crippen LogP) is 3.98. The number of rotatable bonds is 4. The number of hydrogen-bond acceptors (Lipinski definition) is 4. The maximum atomic E-state index is 12.3. The summed E-state index contributed by atoms with van der Waals surface area (Å²) in [5.41, 5.74) is 1.63. The molecule has 3 aromatic carbocycles. The number of benzene rings is 3. The summed E-state index contributed by atoms with van der Waals surface area (Å²) in [6, 6.07) is 20.0. The van der Waals surface area contributed by atoms with E-state index in [4.69, 9.17) is 9.84 Å². The number of aromatic hydroxyl groups is 1.